The van der Waals surface area contributed by atoms with Crippen LogP contribution in [0.1, 0.15) is 30.1 Å². The van der Waals surface area contributed by atoms with Gasteiger partial charge in [-0.25, -0.2) is 0 Å². The minimum Gasteiger partial charge on any atom is -0.387 e. The summed E-state index contributed by atoms with van der Waals surface area (Å²) in [6, 6.07) is 18.7. The van der Waals surface area contributed by atoms with Gasteiger partial charge in [0.2, 0.25) is 0 Å². The molecule has 0 heterocycles. The molecule has 1 N–H and O–H groups in total. The lowest BCUT2D eigenvalue weighted by atomic mass is 9.86. The molecular formula is C16H16O2. The molecule has 0 spiro atoms. The van der Waals surface area contributed by atoms with Crippen LogP contribution in [0.2, 0.25) is 0 Å². The molecule has 0 aliphatic rings. The van der Waals surface area contributed by atoms with Crippen LogP contribution in [0.25, 0.3) is 0 Å². The SMILES string of the molecule is CC(=O)[C@H](c1ccccc1)[C@H](O)c1ccccc1. The first-order valence-corrected chi connectivity index (χ1v) is 5.98. The van der Waals surface area contributed by atoms with E-state index in [0.717, 1.165) is 11.1 Å². The lowest BCUT2D eigenvalue weighted by molar-refractivity contribution is -0.120. The Morgan fingerprint density at radius 2 is 1.33 bits per heavy atom. The molecule has 2 aromatic rings. The van der Waals surface area contributed by atoms with Crippen LogP contribution in [0.4, 0.5) is 0 Å². The summed E-state index contributed by atoms with van der Waals surface area (Å²) < 4.78 is 0. The van der Waals surface area contributed by atoms with Crippen molar-refractivity contribution in [1.29, 1.82) is 0 Å². The Hall–Kier alpha value is -1.93. The number of aliphatic hydroxyl groups excluding tert-OH is 1. The van der Waals surface area contributed by atoms with E-state index < -0.39 is 12.0 Å². The number of carbonyl (C=O) groups is 1. The Morgan fingerprint density at radius 3 is 1.78 bits per heavy atom. The summed E-state index contributed by atoms with van der Waals surface area (Å²) in [5.74, 6) is -0.536. The molecular weight excluding hydrogens is 224 g/mol. The number of ketones is 1. The first-order chi connectivity index (χ1) is 8.70. The average molecular weight is 240 g/mol. The monoisotopic (exact) mass is 240 g/mol. The van der Waals surface area contributed by atoms with Crippen molar-refractivity contribution < 1.29 is 9.90 Å². The third-order valence-corrected chi connectivity index (χ3v) is 3.05. The molecule has 0 unspecified atom stereocenters. The maximum Gasteiger partial charge on any atom is 0.140 e. The second-order valence-corrected chi connectivity index (χ2v) is 4.35. The molecule has 0 bridgehead atoms. The fraction of sp³-hybridized carbons (Fsp3) is 0.188. The van der Waals surface area contributed by atoms with Gasteiger partial charge in [-0.15, -0.1) is 0 Å². The van der Waals surface area contributed by atoms with E-state index in [-0.39, 0.29) is 5.78 Å². The standard InChI is InChI=1S/C16H16O2/c1-12(17)15(13-8-4-2-5-9-13)16(18)14-10-6-3-7-11-14/h2-11,15-16,18H,1H3/t15-,16-/m1/s1. The Morgan fingerprint density at radius 1 is 0.889 bits per heavy atom. The smallest absolute Gasteiger partial charge is 0.140 e. The van der Waals surface area contributed by atoms with Crippen LogP contribution in [0.3, 0.4) is 0 Å². The van der Waals surface area contributed by atoms with Gasteiger partial charge in [0.05, 0.1) is 12.0 Å². The maximum absolute atomic E-state index is 11.8. The van der Waals surface area contributed by atoms with Crippen molar-refractivity contribution in [3.8, 4) is 0 Å². The topological polar surface area (TPSA) is 37.3 Å². The number of hydrogen-bond acceptors (Lipinski definition) is 2. The highest BCUT2D eigenvalue weighted by atomic mass is 16.3. The van der Waals surface area contributed by atoms with Crippen molar-refractivity contribution in [3.05, 3.63) is 71.8 Å². The zero-order valence-electron chi connectivity index (χ0n) is 10.3. The molecule has 18 heavy (non-hydrogen) atoms. The number of rotatable bonds is 4. The largest absolute Gasteiger partial charge is 0.387 e. The fourth-order valence-corrected chi connectivity index (χ4v) is 2.14. The second-order valence-electron chi connectivity index (χ2n) is 4.35. The summed E-state index contributed by atoms with van der Waals surface area (Å²) in [5, 5.41) is 10.4. The van der Waals surface area contributed by atoms with Gasteiger partial charge in [-0.05, 0) is 18.1 Å². The van der Waals surface area contributed by atoms with Crippen LogP contribution in [-0.4, -0.2) is 10.9 Å². The molecule has 2 nitrogen and oxygen atoms in total. The number of benzene rings is 2. The molecule has 2 atom stereocenters. The lowest BCUT2D eigenvalue weighted by Crippen LogP contribution is -2.18. The predicted molar refractivity (Wildman–Crippen MR) is 71.3 cm³/mol. The van der Waals surface area contributed by atoms with Crippen molar-refractivity contribution in [3.63, 3.8) is 0 Å². The molecule has 0 aromatic heterocycles. The highest BCUT2D eigenvalue weighted by Crippen LogP contribution is 2.31. The van der Waals surface area contributed by atoms with Crippen LogP contribution < -0.4 is 0 Å². The van der Waals surface area contributed by atoms with Crippen LogP contribution >= 0.6 is 0 Å². The van der Waals surface area contributed by atoms with Crippen molar-refractivity contribution in [2.75, 3.05) is 0 Å². The summed E-state index contributed by atoms with van der Waals surface area (Å²) in [7, 11) is 0. The van der Waals surface area contributed by atoms with Gasteiger partial charge in [0.1, 0.15) is 5.78 Å². The minimum atomic E-state index is -0.800. The van der Waals surface area contributed by atoms with Gasteiger partial charge >= 0.3 is 0 Å². The quantitative estimate of drug-likeness (QED) is 0.891. The van der Waals surface area contributed by atoms with Gasteiger partial charge < -0.3 is 5.11 Å². The summed E-state index contributed by atoms with van der Waals surface area (Å²) in [5.41, 5.74) is 1.61. The number of Topliss-reactive ketones (excluding diaryl/α,β-unsaturated/α-hetero) is 1. The first kappa shape index (κ1) is 12.5. The maximum atomic E-state index is 11.8. The molecule has 0 fully saturated rings. The van der Waals surface area contributed by atoms with E-state index in [1.807, 2.05) is 60.7 Å². The molecule has 2 rings (SSSR count). The van der Waals surface area contributed by atoms with Crippen molar-refractivity contribution in [1.82, 2.24) is 0 Å². The number of aliphatic hydroxyl groups is 1. The Labute approximate surface area is 107 Å². The van der Waals surface area contributed by atoms with E-state index in [1.165, 1.54) is 6.92 Å². The third kappa shape index (κ3) is 2.66. The summed E-state index contributed by atoms with van der Waals surface area (Å²) in [6.07, 6.45) is -0.800. The van der Waals surface area contributed by atoms with E-state index in [1.54, 1.807) is 0 Å². The molecule has 92 valence electrons. The molecule has 0 amide bonds. The fourth-order valence-electron chi connectivity index (χ4n) is 2.14. The normalized spacial score (nSPS) is 13.9. The van der Waals surface area contributed by atoms with Gasteiger partial charge in [0, 0.05) is 0 Å². The molecule has 0 radical (unpaired) electrons. The van der Waals surface area contributed by atoms with Crippen LogP contribution in [-0.2, 0) is 4.79 Å². The molecule has 0 aliphatic heterocycles. The average Bonchev–Trinajstić information content (AvgIpc) is 2.40. The van der Waals surface area contributed by atoms with E-state index in [2.05, 4.69) is 0 Å². The first-order valence-electron chi connectivity index (χ1n) is 5.98. The molecule has 2 aromatic carbocycles. The lowest BCUT2D eigenvalue weighted by Gasteiger charge is -2.21. The minimum absolute atomic E-state index is 0.0300. The van der Waals surface area contributed by atoms with Gasteiger partial charge in [-0.3, -0.25) is 4.79 Å². The summed E-state index contributed by atoms with van der Waals surface area (Å²) in [4.78, 5) is 11.8. The zero-order chi connectivity index (χ0) is 13.0. The summed E-state index contributed by atoms with van der Waals surface area (Å²) >= 11 is 0. The molecule has 2 heteroatoms. The van der Waals surface area contributed by atoms with E-state index in [9.17, 15) is 9.90 Å². The molecule has 0 saturated heterocycles. The molecule has 0 aliphatic carbocycles. The van der Waals surface area contributed by atoms with Gasteiger partial charge in [-0.1, -0.05) is 60.7 Å². The van der Waals surface area contributed by atoms with E-state index >= 15 is 0 Å². The second kappa shape index (κ2) is 5.61. The van der Waals surface area contributed by atoms with Gasteiger partial charge in [-0.2, -0.15) is 0 Å². The van der Waals surface area contributed by atoms with Crippen LogP contribution in [0.5, 0.6) is 0 Å². The highest BCUT2D eigenvalue weighted by molar-refractivity contribution is 5.84. The zero-order valence-corrected chi connectivity index (χ0v) is 10.3. The number of hydrogen-bond donors (Lipinski definition) is 1. The van der Waals surface area contributed by atoms with E-state index in [4.69, 9.17) is 0 Å². The highest BCUT2D eigenvalue weighted by Gasteiger charge is 2.26. The van der Waals surface area contributed by atoms with Crippen LogP contribution in [0, 0.1) is 0 Å². The van der Waals surface area contributed by atoms with Crippen molar-refractivity contribution >= 4 is 5.78 Å². The van der Waals surface area contributed by atoms with Crippen molar-refractivity contribution in [2.45, 2.75) is 18.9 Å². The van der Waals surface area contributed by atoms with Gasteiger partial charge in [0.15, 0.2) is 0 Å². The van der Waals surface area contributed by atoms with Crippen molar-refractivity contribution in [2.24, 2.45) is 0 Å². The predicted octanol–water partition coefficient (Wildman–Crippen LogP) is 3.09. The Balaban J connectivity index is 2.35. The van der Waals surface area contributed by atoms with E-state index in [0.29, 0.717) is 0 Å². The molecule has 0 saturated carbocycles. The van der Waals surface area contributed by atoms with Crippen LogP contribution in [0.15, 0.2) is 60.7 Å². The Kier molecular flexibility index (Phi) is 3.90. The third-order valence-electron chi connectivity index (χ3n) is 3.05. The Bertz CT molecular complexity index is 505. The number of carbonyl (C=O) groups excluding carboxylic acids is 1. The summed E-state index contributed by atoms with van der Waals surface area (Å²) in [6.45, 7) is 1.52. The van der Waals surface area contributed by atoms with Gasteiger partial charge in [0.25, 0.3) is 0 Å².